The predicted molar refractivity (Wildman–Crippen MR) is 61.6 cm³/mol. The van der Waals surface area contributed by atoms with E-state index in [2.05, 4.69) is 30.7 Å². The van der Waals surface area contributed by atoms with Crippen LogP contribution in [0.3, 0.4) is 0 Å². The van der Waals surface area contributed by atoms with E-state index in [1.807, 2.05) is 0 Å². The summed E-state index contributed by atoms with van der Waals surface area (Å²) in [6.45, 7) is 1.78. The van der Waals surface area contributed by atoms with Gasteiger partial charge in [0.15, 0.2) is 0 Å². The zero-order chi connectivity index (χ0) is 13.7. The second-order valence-electron chi connectivity index (χ2n) is 3.28. The zero-order valence-electron chi connectivity index (χ0n) is 9.45. The lowest BCUT2D eigenvalue weighted by atomic mass is 10.2. The first-order valence-electron chi connectivity index (χ1n) is 5.02. The molecule has 9 nitrogen and oxygen atoms in total. The SMILES string of the molecule is CCOC(=O)CC(O)Cn1nc([N+](=O)[O-])nc1Br. The van der Waals surface area contributed by atoms with Gasteiger partial charge in [-0.05, 0) is 16.8 Å². The van der Waals surface area contributed by atoms with E-state index >= 15 is 0 Å². The lowest BCUT2D eigenvalue weighted by molar-refractivity contribution is -0.394. The molecule has 0 fully saturated rings. The van der Waals surface area contributed by atoms with Crippen molar-refractivity contribution in [2.75, 3.05) is 6.61 Å². The van der Waals surface area contributed by atoms with Crippen LogP contribution in [0.5, 0.6) is 0 Å². The first kappa shape index (κ1) is 14.5. The average Bonchev–Trinajstić information content (AvgIpc) is 2.60. The highest BCUT2D eigenvalue weighted by Crippen LogP contribution is 2.13. The van der Waals surface area contributed by atoms with Crippen LogP contribution in [0.1, 0.15) is 13.3 Å². The normalized spacial score (nSPS) is 12.2. The number of carbonyl (C=O) groups is 1. The van der Waals surface area contributed by atoms with Gasteiger partial charge in [0.05, 0.1) is 25.7 Å². The van der Waals surface area contributed by atoms with Crippen molar-refractivity contribution in [3.05, 3.63) is 14.8 Å². The molecule has 1 N–H and O–H groups in total. The molecule has 10 heteroatoms. The number of nitrogens with zero attached hydrogens (tertiary/aromatic N) is 4. The number of aliphatic hydroxyl groups excluding tert-OH is 1. The van der Waals surface area contributed by atoms with Crippen molar-refractivity contribution in [2.45, 2.75) is 26.0 Å². The van der Waals surface area contributed by atoms with Gasteiger partial charge in [0.1, 0.15) is 0 Å². The van der Waals surface area contributed by atoms with Gasteiger partial charge in [-0.1, -0.05) is 0 Å². The summed E-state index contributed by atoms with van der Waals surface area (Å²) in [7, 11) is 0. The molecule has 1 aromatic heterocycles. The minimum atomic E-state index is -1.05. The molecule has 18 heavy (non-hydrogen) atoms. The van der Waals surface area contributed by atoms with Crippen LogP contribution in [-0.4, -0.2) is 43.5 Å². The maximum atomic E-state index is 11.1. The van der Waals surface area contributed by atoms with E-state index in [4.69, 9.17) is 0 Å². The number of hydrogen-bond acceptors (Lipinski definition) is 7. The second-order valence-corrected chi connectivity index (χ2v) is 3.99. The number of aromatic nitrogens is 3. The van der Waals surface area contributed by atoms with Gasteiger partial charge in [0.25, 0.3) is 4.73 Å². The number of carbonyl (C=O) groups excluding carboxylic acids is 1. The molecular formula is C8H11BrN4O5. The summed E-state index contributed by atoms with van der Waals surface area (Å²) in [5.41, 5.74) is 0. The highest BCUT2D eigenvalue weighted by atomic mass is 79.9. The molecule has 1 aromatic rings. The molecule has 0 amide bonds. The van der Waals surface area contributed by atoms with Crippen molar-refractivity contribution in [3.8, 4) is 0 Å². The van der Waals surface area contributed by atoms with E-state index in [-0.39, 0.29) is 24.3 Å². The molecule has 0 aliphatic carbocycles. The van der Waals surface area contributed by atoms with Crippen molar-refractivity contribution >= 4 is 27.8 Å². The van der Waals surface area contributed by atoms with Crippen molar-refractivity contribution < 1.29 is 19.6 Å². The van der Waals surface area contributed by atoms with Crippen molar-refractivity contribution in [1.29, 1.82) is 0 Å². The maximum Gasteiger partial charge on any atom is 0.492 e. The minimum absolute atomic E-state index is 0.0970. The molecule has 1 atom stereocenters. The number of aliphatic hydroxyl groups is 1. The molecule has 0 aromatic carbocycles. The summed E-state index contributed by atoms with van der Waals surface area (Å²) in [6, 6.07) is 0. The lowest BCUT2D eigenvalue weighted by Crippen LogP contribution is -2.22. The molecule has 1 unspecified atom stereocenters. The Bertz CT molecular complexity index is 449. The fraction of sp³-hybridized carbons (Fsp3) is 0.625. The van der Waals surface area contributed by atoms with E-state index in [1.165, 1.54) is 0 Å². The summed E-state index contributed by atoms with van der Waals surface area (Å²) < 4.78 is 5.87. The topological polar surface area (TPSA) is 120 Å². The van der Waals surface area contributed by atoms with Gasteiger partial charge in [0, 0.05) is 21.0 Å². The van der Waals surface area contributed by atoms with Crippen LogP contribution < -0.4 is 0 Å². The first-order chi connectivity index (χ1) is 8.43. The van der Waals surface area contributed by atoms with Crippen LogP contribution in [0.4, 0.5) is 5.95 Å². The third-order valence-electron chi connectivity index (χ3n) is 1.87. The molecule has 0 radical (unpaired) electrons. The van der Waals surface area contributed by atoms with Gasteiger partial charge in [-0.25, -0.2) is 0 Å². The monoisotopic (exact) mass is 322 g/mol. The Morgan fingerprint density at radius 3 is 2.89 bits per heavy atom. The molecule has 0 spiro atoms. The molecular weight excluding hydrogens is 312 g/mol. The molecule has 100 valence electrons. The Morgan fingerprint density at radius 1 is 1.72 bits per heavy atom. The smallest absolute Gasteiger partial charge is 0.466 e. The van der Waals surface area contributed by atoms with E-state index in [0.29, 0.717) is 0 Å². The maximum absolute atomic E-state index is 11.1. The third-order valence-corrected chi connectivity index (χ3v) is 2.46. The van der Waals surface area contributed by atoms with Gasteiger partial charge in [-0.2, -0.15) is 4.68 Å². The number of esters is 1. The molecule has 1 rings (SSSR count). The van der Waals surface area contributed by atoms with Gasteiger partial charge in [0.2, 0.25) is 0 Å². The van der Waals surface area contributed by atoms with E-state index in [9.17, 15) is 20.0 Å². The fourth-order valence-corrected chi connectivity index (χ4v) is 1.56. The Balaban J connectivity index is 2.61. The van der Waals surface area contributed by atoms with Crippen LogP contribution in [0.15, 0.2) is 4.73 Å². The standard InChI is InChI=1S/C8H11BrN4O5/c1-2-18-6(15)3-5(14)4-12-7(9)10-8(11-12)13(16)17/h5,14H,2-4H2,1H3. The van der Waals surface area contributed by atoms with Crippen LogP contribution in [0.2, 0.25) is 0 Å². The first-order valence-corrected chi connectivity index (χ1v) is 5.81. The van der Waals surface area contributed by atoms with Gasteiger partial charge in [-0.3, -0.25) is 4.79 Å². The third kappa shape index (κ3) is 4.04. The number of nitro groups is 1. The summed E-state index contributed by atoms with van der Waals surface area (Å²) in [4.78, 5) is 24.3. The van der Waals surface area contributed by atoms with Crippen LogP contribution >= 0.6 is 15.9 Å². The summed E-state index contributed by atoms with van der Waals surface area (Å²) in [6.07, 6.45) is -1.27. The molecule has 0 aliphatic heterocycles. The van der Waals surface area contributed by atoms with E-state index < -0.39 is 22.9 Å². The summed E-state index contributed by atoms with van der Waals surface area (Å²) in [5.74, 6) is -1.12. The van der Waals surface area contributed by atoms with Gasteiger partial charge < -0.3 is 20.0 Å². The average molecular weight is 323 g/mol. The van der Waals surface area contributed by atoms with Crippen molar-refractivity contribution in [3.63, 3.8) is 0 Å². The Morgan fingerprint density at radius 2 is 2.39 bits per heavy atom. The Hall–Kier alpha value is -1.55. The fourth-order valence-electron chi connectivity index (χ4n) is 1.18. The van der Waals surface area contributed by atoms with E-state index in [0.717, 1.165) is 4.68 Å². The quantitative estimate of drug-likeness (QED) is 0.453. The van der Waals surface area contributed by atoms with E-state index in [1.54, 1.807) is 6.92 Å². The van der Waals surface area contributed by atoms with Crippen molar-refractivity contribution in [1.82, 2.24) is 14.8 Å². The number of ether oxygens (including phenoxy) is 1. The number of rotatable bonds is 6. The minimum Gasteiger partial charge on any atom is -0.466 e. The van der Waals surface area contributed by atoms with Gasteiger partial charge in [-0.15, -0.1) is 0 Å². The number of halogens is 1. The molecule has 0 saturated heterocycles. The lowest BCUT2D eigenvalue weighted by Gasteiger charge is -2.07. The molecule has 0 saturated carbocycles. The number of hydrogen-bond donors (Lipinski definition) is 1. The second kappa shape index (κ2) is 6.40. The van der Waals surface area contributed by atoms with Crippen LogP contribution in [-0.2, 0) is 16.1 Å². The highest BCUT2D eigenvalue weighted by molar-refractivity contribution is 9.10. The zero-order valence-corrected chi connectivity index (χ0v) is 11.0. The van der Waals surface area contributed by atoms with Crippen molar-refractivity contribution in [2.24, 2.45) is 0 Å². The molecule has 0 aliphatic rings. The largest absolute Gasteiger partial charge is 0.492 e. The highest BCUT2D eigenvalue weighted by Gasteiger charge is 2.22. The summed E-state index contributed by atoms with van der Waals surface area (Å²) in [5, 5.41) is 23.6. The Kier molecular flexibility index (Phi) is 5.16. The molecule has 1 heterocycles. The summed E-state index contributed by atoms with van der Waals surface area (Å²) >= 11 is 2.97. The van der Waals surface area contributed by atoms with Crippen LogP contribution in [0, 0.1) is 10.1 Å². The van der Waals surface area contributed by atoms with Gasteiger partial charge >= 0.3 is 11.9 Å². The molecule has 0 bridgehead atoms. The van der Waals surface area contributed by atoms with Crippen LogP contribution in [0.25, 0.3) is 0 Å². The predicted octanol–water partition coefficient (Wildman–Crippen LogP) is 0.263. The Labute approximate surface area is 110 Å².